The Morgan fingerprint density at radius 3 is 2.69 bits per heavy atom. The summed E-state index contributed by atoms with van der Waals surface area (Å²) in [6.07, 6.45) is -2.31. The molecule has 29 heavy (non-hydrogen) atoms. The van der Waals surface area contributed by atoms with Crippen LogP contribution in [0, 0.1) is 6.92 Å². The Morgan fingerprint density at radius 1 is 1.21 bits per heavy atom. The maximum atomic E-state index is 12.8. The van der Waals surface area contributed by atoms with Crippen molar-refractivity contribution in [1.29, 1.82) is 0 Å². The van der Waals surface area contributed by atoms with Crippen molar-refractivity contribution in [2.75, 3.05) is 18.0 Å². The van der Waals surface area contributed by atoms with E-state index in [1.54, 1.807) is 0 Å². The lowest BCUT2D eigenvalue weighted by Crippen LogP contribution is -2.44. The second kappa shape index (κ2) is 7.38. The highest BCUT2D eigenvalue weighted by Gasteiger charge is 2.33. The van der Waals surface area contributed by atoms with Crippen molar-refractivity contribution in [3.8, 4) is 0 Å². The van der Waals surface area contributed by atoms with E-state index in [4.69, 9.17) is 4.42 Å². The highest BCUT2D eigenvalue weighted by molar-refractivity contribution is 5.94. The van der Waals surface area contributed by atoms with Gasteiger partial charge in [-0.05, 0) is 49.6 Å². The van der Waals surface area contributed by atoms with E-state index < -0.39 is 17.8 Å². The number of fused-ring (bicyclic) bond motifs is 1. The fraction of sp³-hybridized carbons (Fsp3) is 0.350. The Labute approximate surface area is 164 Å². The normalized spacial score (nSPS) is 15.7. The molecule has 1 N–H and O–H groups in total. The Bertz CT molecular complexity index is 1040. The summed E-state index contributed by atoms with van der Waals surface area (Å²) >= 11 is 0. The van der Waals surface area contributed by atoms with Crippen molar-refractivity contribution in [2.45, 2.75) is 32.0 Å². The molecule has 2 aromatic heterocycles. The van der Waals surface area contributed by atoms with Crippen molar-refractivity contribution < 1.29 is 22.4 Å². The van der Waals surface area contributed by atoms with Crippen LogP contribution in [0.5, 0.6) is 0 Å². The molecule has 0 aliphatic carbocycles. The number of nitrogens with one attached hydrogen (secondary N) is 1. The highest BCUT2D eigenvalue weighted by atomic mass is 19.4. The van der Waals surface area contributed by atoms with Gasteiger partial charge in [0.15, 0.2) is 5.58 Å². The fourth-order valence-electron chi connectivity index (χ4n) is 3.37. The van der Waals surface area contributed by atoms with E-state index in [2.05, 4.69) is 15.3 Å². The summed E-state index contributed by atoms with van der Waals surface area (Å²) in [5.41, 5.74) is 1.49. The van der Waals surface area contributed by atoms with Gasteiger partial charge in [0.2, 0.25) is 0 Å². The molecule has 1 amide bonds. The molecule has 0 radical (unpaired) electrons. The van der Waals surface area contributed by atoms with Crippen molar-refractivity contribution in [2.24, 2.45) is 0 Å². The number of halogens is 3. The number of hydrogen-bond donors (Lipinski definition) is 1. The fourth-order valence-corrected chi connectivity index (χ4v) is 3.37. The molecule has 4 rings (SSSR count). The number of carbonyl (C=O) groups excluding carboxylic acids is 1. The van der Waals surface area contributed by atoms with Gasteiger partial charge >= 0.3 is 6.18 Å². The standard InChI is InChI=1S/C20H19F3N4O2/c1-12-2-3-16-15(10-12)26-19(29-16)27-8-5-14(6-9-27)25-18(28)13-4-7-24-17(11-13)20(21,22)23/h2-4,7,10-11,14H,5-6,8-9H2,1H3,(H,25,28). The molecule has 1 aliphatic heterocycles. The average molecular weight is 404 g/mol. The lowest BCUT2D eigenvalue weighted by molar-refractivity contribution is -0.141. The zero-order chi connectivity index (χ0) is 20.6. The predicted molar refractivity (Wildman–Crippen MR) is 101 cm³/mol. The smallest absolute Gasteiger partial charge is 0.423 e. The molecule has 3 heterocycles. The number of hydrogen-bond acceptors (Lipinski definition) is 5. The molecule has 0 spiro atoms. The van der Waals surface area contributed by atoms with E-state index in [1.165, 1.54) is 6.07 Å². The highest BCUT2D eigenvalue weighted by Crippen LogP contribution is 2.28. The summed E-state index contributed by atoms with van der Waals surface area (Å²) in [6, 6.07) is 8.26. The van der Waals surface area contributed by atoms with Gasteiger partial charge in [0.25, 0.3) is 11.9 Å². The summed E-state index contributed by atoms with van der Waals surface area (Å²) in [7, 11) is 0. The van der Waals surface area contributed by atoms with Gasteiger partial charge in [0.1, 0.15) is 11.2 Å². The van der Waals surface area contributed by atoms with Crippen molar-refractivity contribution in [1.82, 2.24) is 15.3 Å². The van der Waals surface area contributed by atoms with Gasteiger partial charge in [-0.2, -0.15) is 18.2 Å². The van der Waals surface area contributed by atoms with Crippen LogP contribution in [-0.4, -0.2) is 35.0 Å². The maximum Gasteiger partial charge on any atom is 0.433 e. The minimum atomic E-state index is -4.58. The van der Waals surface area contributed by atoms with Crippen molar-refractivity contribution in [3.05, 3.63) is 53.3 Å². The van der Waals surface area contributed by atoms with Crippen LogP contribution < -0.4 is 10.2 Å². The number of amides is 1. The zero-order valence-corrected chi connectivity index (χ0v) is 15.7. The first-order chi connectivity index (χ1) is 13.8. The number of alkyl halides is 3. The molecule has 0 bridgehead atoms. The molecule has 152 valence electrons. The van der Waals surface area contributed by atoms with Gasteiger partial charge in [0, 0.05) is 30.9 Å². The molecular weight excluding hydrogens is 385 g/mol. The van der Waals surface area contributed by atoms with Crippen molar-refractivity contribution in [3.63, 3.8) is 0 Å². The molecular formula is C20H19F3N4O2. The van der Waals surface area contributed by atoms with Crippen LogP contribution in [0.3, 0.4) is 0 Å². The van der Waals surface area contributed by atoms with E-state index >= 15 is 0 Å². The number of aryl methyl sites for hydroxylation is 1. The molecule has 3 aromatic rings. The van der Waals surface area contributed by atoms with Gasteiger partial charge in [-0.1, -0.05) is 6.07 Å². The van der Waals surface area contributed by atoms with E-state index in [0.717, 1.165) is 28.9 Å². The second-order valence-electron chi connectivity index (χ2n) is 7.13. The van der Waals surface area contributed by atoms with E-state index in [1.807, 2.05) is 30.0 Å². The Morgan fingerprint density at radius 2 is 1.97 bits per heavy atom. The van der Waals surface area contributed by atoms with Gasteiger partial charge in [-0.25, -0.2) is 0 Å². The Balaban J connectivity index is 1.37. The lowest BCUT2D eigenvalue weighted by Gasteiger charge is -2.31. The summed E-state index contributed by atoms with van der Waals surface area (Å²) in [5.74, 6) is -0.534. The quantitative estimate of drug-likeness (QED) is 0.716. The van der Waals surface area contributed by atoms with Crippen LogP contribution in [0.2, 0.25) is 0 Å². The minimum Gasteiger partial charge on any atom is -0.423 e. The van der Waals surface area contributed by atoms with Gasteiger partial charge in [-0.3, -0.25) is 9.78 Å². The third kappa shape index (κ3) is 4.18. The van der Waals surface area contributed by atoms with Crippen LogP contribution >= 0.6 is 0 Å². The summed E-state index contributed by atoms with van der Waals surface area (Å²) in [4.78, 5) is 22.1. The van der Waals surface area contributed by atoms with Crippen LogP contribution in [0.1, 0.15) is 34.5 Å². The number of piperidine rings is 1. The van der Waals surface area contributed by atoms with Crippen LogP contribution in [0.25, 0.3) is 11.1 Å². The maximum absolute atomic E-state index is 12.8. The van der Waals surface area contributed by atoms with Gasteiger partial charge in [-0.15, -0.1) is 0 Å². The molecule has 1 aromatic carbocycles. The Kier molecular flexibility index (Phi) is 4.89. The van der Waals surface area contributed by atoms with Gasteiger partial charge in [0.05, 0.1) is 0 Å². The summed E-state index contributed by atoms with van der Waals surface area (Å²) in [5, 5.41) is 2.81. The van der Waals surface area contributed by atoms with Crippen molar-refractivity contribution >= 4 is 23.0 Å². The molecule has 1 aliphatic rings. The third-order valence-electron chi connectivity index (χ3n) is 4.95. The van der Waals surface area contributed by atoms with E-state index in [9.17, 15) is 18.0 Å². The molecule has 9 heteroatoms. The second-order valence-corrected chi connectivity index (χ2v) is 7.13. The Hall–Kier alpha value is -3.10. The molecule has 1 fully saturated rings. The summed E-state index contributed by atoms with van der Waals surface area (Å²) < 4.78 is 44.1. The first-order valence-electron chi connectivity index (χ1n) is 9.26. The minimum absolute atomic E-state index is 0.0518. The van der Waals surface area contributed by atoms with E-state index in [-0.39, 0.29) is 11.6 Å². The number of anilines is 1. The first kappa shape index (κ1) is 19.2. The van der Waals surface area contributed by atoms with Crippen LogP contribution in [0.4, 0.5) is 19.2 Å². The lowest BCUT2D eigenvalue weighted by atomic mass is 10.0. The molecule has 6 nitrogen and oxygen atoms in total. The number of nitrogens with zero attached hydrogens (tertiary/aromatic N) is 3. The average Bonchev–Trinajstić information content (AvgIpc) is 3.11. The number of benzene rings is 1. The van der Waals surface area contributed by atoms with E-state index in [0.29, 0.717) is 31.9 Å². The van der Waals surface area contributed by atoms with Crippen LogP contribution in [-0.2, 0) is 6.18 Å². The number of aromatic nitrogens is 2. The number of pyridine rings is 1. The topological polar surface area (TPSA) is 71.3 Å². The number of rotatable bonds is 3. The number of oxazole rings is 1. The zero-order valence-electron chi connectivity index (χ0n) is 15.7. The summed E-state index contributed by atoms with van der Waals surface area (Å²) in [6.45, 7) is 3.24. The van der Waals surface area contributed by atoms with Crippen LogP contribution in [0.15, 0.2) is 40.9 Å². The SMILES string of the molecule is Cc1ccc2oc(N3CCC(NC(=O)c4ccnc(C(F)(F)F)c4)CC3)nc2c1. The largest absolute Gasteiger partial charge is 0.433 e. The molecule has 0 atom stereocenters. The van der Waals surface area contributed by atoms with Gasteiger partial charge < -0.3 is 14.6 Å². The monoisotopic (exact) mass is 404 g/mol. The third-order valence-corrected chi connectivity index (χ3v) is 4.95. The number of carbonyl (C=O) groups is 1. The molecule has 1 saturated heterocycles. The predicted octanol–water partition coefficient (Wildman–Crippen LogP) is 3.95. The molecule has 0 saturated carbocycles. The molecule has 0 unspecified atom stereocenters. The first-order valence-corrected chi connectivity index (χ1v) is 9.26.